The Hall–Kier alpha value is -3.54. The van der Waals surface area contributed by atoms with Crippen LogP contribution in [0.15, 0.2) is 73.8 Å². The van der Waals surface area contributed by atoms with Crippen molar-refractivity contribution in [1.82, 2.24) is 0 Å². The van der Waals surface area contributed by atoms with E-state index in [9.17, 15) is 19.8 Å². The van der Waals surface area contributed by atoms with Crippen LogP contribution in [0, 0.1) is 5.92 Å². The number of rotatable bonds is 26. The molecule has 0 radical (unpaired) electrons. The van der Waals surface area contributed by atoms with Gasteiger partial charge in [0.25, 0.3) is 0 Å². The third-order valence-electron chi connectivity index (χ3n) is 10.0. The lowest BCUT2D eigenvalue weighted by molar-refractivity contribution is -0.159. The van der Waals surface area contributed by atoms with Crippen molar-refractivity contribution in [2.45, 2.75) is 133 Å². The molecule has 1 saturated carbocycles. The molecule has 0 amide bonds. The summed E-state index contributed by atoms with van der Waals surface area (Å²) in [6, 6.07) is 15.0. The zero-order valence-corrected chi connectivity index (χ0v) is 29.2. The molecule has 2 aromatic carbocycles. The first-order valence-electron chi connectivity index (χ1n) is 18.6. The molecule has 3 atom stereocenters. The van der Waals surface area contributed by atoms with Crippen LogP contribution in [-0.2, 0) is 15.0 Å². The van der Waals surface area contributed by atoms with Gasteiger partial charge in [0.05, 0.1) is 19.1 Å². The summed E-state index contributed by atoms with van der Waals surface area (Å²) in [6.07, 6.45) is 24.1. The van der Waals surface area contributed by atoms with Crippen molar-refractivity contribution >= 4 is 11.9 Å². The summed E-state index contributed by atoms with van der Waals surface area (Å²) in [5.41, 5.74) is 0.0721. The Bertz CT molecular complexity index is 1220. The van der Waals surface area contributed by atoms with Crippen molar-refractivity contribution in [3.05, 3.63) is 85.0 Å². The maximum absolute atomic E-state index is 12.9. The van der Waals surface area contributed by atoms with Gasteiger partial charge in [0, 0.05) is 0 Å². The summed E-state index contributed by atoms with van der Waals surface area (Å²) in [6.45, 7) is 8.84. The lowest BCUT2D eigenvalue weighted by Crippen LogP contribution is -2.49. The van der Waals surface area contributed by atoms with E-state index in [4.69, 9.17) is 9.47 Å². The van der Waals surface area contributed by atoms with Crippen LogP contribution in [0.1, 0.15) is 139 Å². The Kier molecular flexibility index (Phi) is 18.0. The van der Waals surface area contributed by atoms with E-state index in [0.29, 0.717) is 30.9 Å². The first-order valence-corrected chi connectivity index (χ1v) is 18.6. The minimum Gasteiger partial charge on any atom is -0.494 e. The maximum Gasteiger partial charge on any atom is 0.315 e. The van der Waals surface area contributed by atoms with E-state index in [1.54, 1.807) is 24.3 Å². The monoisotopic (exact) mass is 660 g/mol. The third-order valence-corrected chi connectivity index (χ3v) is 10.0. The quantitative estimate of drug-likeness (QED) is 0.0770. The number of hydrogen-bond donors (Lipinski definition) is 2. The van der Waals surface area contributed by atoms with Gasteiger partial charge in [0.1, 0.15) is 16.9 Å². The van der Waals surface area contributed by atoms with Gasteiger partial charge >= 0.3 is 11.9 Å². The van der Waals surface area contributed by atoms with E-state index in [-0.39, 0.29) is 18.8 Å². The molecule has 1 aliphatic rings. The van der Waals surface area contributed by atoms with Crippen LogP contribution in [0.25, 0.3) is 0 Å². The Balaban J connectivity index is 1.47. The SMILES string of the molecule is C=CCCCCCCCCCOc1ccc(C2CC[C@@](C(=O)O)(c3ccc(OCCCCCCCCCC=C)cc3)[C@H](C(=O)O)C2)cc1. The molecule has 1 unspecified atom stereocenters. The van der Waals surface area contributed by atoms with Crippen molar-refractivity contribution in [3.8, 4) is 11.5 Å². The number of aliphatic carboxylic acids is 2. The minimum atomic E-state index is -1.48. The summed E-state index contributed by atoms with van der Waals surface area (Å²) in [5.74, 6) is -1.74. The van der Waals surface area contributed by atoms with Crippen LogP contribution in [0.5, 0.6) is 11.5 Å². The number of carboxylic acid groups (broad SMARTS) is 2. The first-order chi connectivity index (χ1) is 23.4. The summed E-state index contributed by atoms with van der Waals surface area (Å²) in [7, 11) is 0. The van der Waals surface area contributed by atoms with Gasteiger partial charge < -0.3 is 19.7 Å². The second-order valence-electron chi connectivity index (χ2n) is 13.5. The molecule has 2 aromatic rings. The van der Waals surface area contributed by atoms with E-state index in [1.165, 1.54) is 64.2 Å². The second-order valence-corrected chi connectivity index (χ2v) is 13.5. The molecule has 0 bridgehead atoms. The number of hydrogen-bond acceptors (Lipinski definition) is 4. The van der Waals surface area contributed by atoms with Crippen LogP contribution in [-0.4, -0.2) is 35.4 Å². The van der Waals surface area contributed by atoms with Gasteiger partial charge in [0.2, 0.25) is 0 Å². The molecular formula is C42H60O6. The number of allylic oxidation sites excluding steroid dienone is 2. The maximum atomic E-state index is 12.9. The number of benzene rings is 2. The highest BCUT2D eigenvalue weighted by atomic mass is 16.5. The van der Waals surface area contributed by atoms with Crippen molar-refractivity contribution in [1.29, 1.82) is 0 Å². The normalized spacial score (nSPS) is 19.0. The molecule has 1 fully saturated rings. The van der Waals surface area contributed by atoms with Crippen molar-refractivity contribution in [2.75, 3.05) is 13.2 Å². The third kappa shape index (κ3) is 12.5. The van der Waals surface area contributed by atoms with Gasteiger partial charge in [-0.05, 0) is 99.1 Å². The number of carbonyl (C=O) groups is 2. The van der Waals surface area contributed by atoms with Crippen LogP contribution in [0.3, 0.4) is 0 Å². The van der Waals surface area contributed by atoms with Gasteiger partial charge in [0.15, 0.2) is 0 Å². The predicted molar refractivity (Wildman–Crippen MR) is 195 cm³/mol. The Morgan fingerprint density at radius 3 is 1.54 bits per heavy atom. The highest BCUT2D eigenvalue weighted by Gasteiger charge is 2.54. The zero-order valence-electron chi connectivity index (χ0n) is 29.2. The highest BCUT2D eigenvalue weighted by molar-refractivity contribution is 5.89. The largest absolute Gasteiger partial charge is 0.494 e. The van der Waals surface area contributed by atoms with Crippen LogP contribution < -0.4 is 9.47 Å². The Morgan fingerprint density at radius 1 is 0.667 bits per heavy atom. The minimum absolute atomic E-state index is 0.0335. The van der Waals surface area contributed by atoms with Gasteiger partial charge in [-0.25, -0.2) is 0 Å². The molecule has 0 aliphatic heterocycles. The standard InChI is InChI=1S/C42H60O6/c1-3-5-7-9-11-13-15-17-19-31-47-37-25-21-34(22-26-37)35-29-30-42(41(45)46,39(33-35)40(43)44)36-23-27-38(28-24-36)48-32-20-18-16-14-12-10-8-6-4-2/h3-4,21-28,35,39H,1-2,5-20,29-33H2,(H,43,44)(H,45,46)/t35?,39-,42+/m0/s1. The molecule has 3 rings (SSSR count). The van der Waals surface area contributed by atoms with E-state index >= 15 is 0 Å². The van der Waals surface area contributed by atoms with Gasteiger partial charge in [-0.3, -0.25) is 9.59 Å². The second kappa shape index (κ2) is 22.2. The average molecular weight is 661 g/mol. The van der Waals surface area contributed by atoms with Gasteiger partial charge in [-0.15, -0.1) is 13.2 Å². The Morgan fingerprint density at radius 2 is 1.10 bits per heavy atom. The molecule has 6 heteroatoms. The molecule has 0 saturated heterocycles. The Labute approximate surface area is 289 Å². The van der Waals surface area contributed by atoms with Crippen molar-refractivity contribution in [3.63, 3.8) is 0 Å². The fraction of sp³-hybridized carbons (Fsp3) is 0.571. The van der Waals surface area contributed by atoms with Crippen LogP contribution >= 0.6 is 0 Å². The van der Waals surface area contributed by atoms with Crippen LogP contribution in [0.2, 0.25) is 0 Å². The molecule has 264 valence electrons. The van der Waals surface area contributed by atoms with E-state index in [0.717, 1.165) is 49.8 Å². The fourth-order valence-electron chi connectivity index (χ4n) is 7.13. The highest BCUT2D eigenvalue weighted by Crippen LogP contribution is 2.49. The lowest BCUT2D eigenvalue weighted by Gasteiger charge is -2.42. The lowest BCUT2D eigenvalue weighted by atomic mass is 9.59. The van der Waals surface area contributed by atoms with Gasteiger partial charge in [-0.2, -0.15) is 0 Å². The number of carboxylic acids is 2. The first kappa shape index (κ1) is 38.9. The number of ether oxygens (including phenoxy) is 2. The molecule has 2 N–H and O–H groups in total. The fourth-order valence-corrected chi connectivity index (χ4v) is 7.13. The average Bonchev–Trinajstić information content (AvgIpc) is 3.10. The molecule has 0 aromatic heterocycles. The number of unbranched alkanes of at least 4 members (excludes halogenated alkanes) is 14. The molecule has 1 aliphatic carbocycles. The summed E-state index contributed by atoms with van der Waals surface area (Å²) < 4.78 is 11.9. The molecule has 0 spiro atoms. The zero-order chi connectivity index (χ0) is 34.5. The van der Waals surface area contributed by atoms with Crippen molar-refractivity contribution < 1.29 is 29.3 Å². The van der Waals surface area contributed by atoms with Crippen LogP contribution in [0.4, 0.5) is 0 Å². The van der Waals surface area contributed by atoms with Gasteiger partial charge in [-0.1, -0.05) is 101 Å². The molecule has 0 heterocycles. The predicted octanol–water partition coefficient (Wildman–Crippen LogP) is 11.0. The van der Waals surface area contributed by atoms with E-state index in [2.05, 4.69) is 13.2 Å². The summed E-state index contributed by atoms with van der Waals surface area (Å²) >= 11 is 0. The molecular weight excluding hydrogens is 600 g/mol. The summed E-state index contributed by atoms with van der Waals surface area (Å²) in [4.78, 5) is 25.5. The van der Waals surface area contributed by atoms with E-state index < -0.39 is 23.3 Å². The van der Waals surface area contributed by atoms with E-state index in [1.807, 2.05) is 36.4 Å². The summed E-state index contributed by atoms with van der Waals surface area (Å²) in [5, 5.41) is 20.8. The van der Waals surface area contributed by atoms with Crippen molar-refractivity contribution in [2.24, 2.45) is 5.92 Å². The molecule has 6 nitrogen and oxygen atoms in total. The smallest absolute Gasteiger partial charge is 0.315 e. The topological polar surface area (TPSA) is 93.1 Å². The molecule has 48 heavy (non-hydrogen) atoms.